The normalized spacial score (nSPS) is 16.4. The molecule has 1 aromatic carbocycles. The Balaban J connectivity index is 0.00000316. The lowest BCUT2D eigenvalue weighted by Crippen LogP contribution is -2.50. The molecule has 1 aliphatic heterocycles. The van der Waals surface area contributed by atoms with Gasteiger partial charge in [0.15, 0.2) is 5.60 Å². The third kappa shape index (κ3) is 8.78. The Morgan fingerprint density at radius 1 is 1.19 bits per heavy atom. The van der Waals surface area contributed by atoms with E-state index in [1.165, 1.54) is 27.0 Å². The van der Waals surface area contributed by atoms with Crippen molar-refractivity contribution >= 4 is 5.71 Å². The molecule has 1 heterocycles. The van der Waals surface area contributed by atoms with E-state index in [9.17, 15) is 27.8 Å². The maximum Gasteiger partial charge on any atom is 0.417 e. The number of hydrogen-bond donors (Lipinski definition) is 3. The molecule has 0 saturated heterocycles. The molecule has 0 aromatic heterocycles. The third-order valence-corrected chi connectivity index (χ3v) is 5.62. The minimum Gasteiger partial charge on any atom is -0.508 e. The Labute approximate surface area is 211 Å². The number of halogens is 4. The fourth-order valence-corrected chi connectivity index (χ4v) is 4.03. The average molecular weight is 514 g/mol. The summed E-state index contributed by atoms with van der Waals surface area (Å²) in [5.41, 5.74) is -3.11. The van der Waals surface area contributed by atoms with Crippen molar-refractivity contribution in [2.75, 3.05) is 27.7 Å². The van der Waals surface area contributed by atoms with Crippen molar-refractivity contribution in [3.63, 3.8) is 0 Å². The quantitative estimate of drug-likeness (QED) is 0.362. The Kier molecular flexibility index (Phi) is 11.4. The van der Waals surface area contributed by atoms with Gasteiger partial charge in [0, 0.05) is 43.4 Å². The van der Waals surface area contributed by atoms with Crippen molar-refractivity contribution in [3.8, 4) is 5.75 Å². The molecule has 0 fully saturated rings. The lowest BCUT2D eigenvalue weighted by molar-refractivity contribution is -0.266. The molecule has 0 bridgehead atoms. The van der Waals surface area contributed by atoms with Crippen molar-refractivity contribution in [2.45, 2.75) is 64.1 Å². The van der Waals surface area contributed by atoms with Gasteiger partial charge in [0.05, 0.1) is 5.70 Å². The van der Waals surface area contributed by atoms with Gasteiger partial charge in [-0.25, -0.2) is 4.39 Å². The van der Waals surface area contributed by atoms with Gasteiger partial charge in [-0.05, 0) is 56.3 Å². The molecule has 0 spiro atoms. The second-order valence-corrected chi connectivity index (χ2v) is 9.49. The van der Waals surface area contributed by atoms with Gasteiger partial charge >= 0.3 is 6.18 Å². The van der Waals surface area contributed by atoms with Gasteiger partial charge in [-0.3, -0.25) is 4.99 Å². The second kappa shape index (κ2) is 13.1. The summed E-state index contributed by atoms with van der Waals surface area (Å²) in [6.07, 6.45) is 0.952. The van der Waals surface area contributed by atoms with Crippen molar-refractivity contribution in [1.29, 1.82) is 0 Å². The second-order valence-electron chi connectivity index (χ2n) is 9.49. The Morgan fingerprint density at radius 2 is 1.83 bits per heavy atom. The minimum absolute atomic E-state index is 0.0142. The first-order valence-corrected chi connectivity index (χ1v) is 11.9. The summed E-state index contributed by atoms with van der Waals surface area (Å²) < 4.78 is 56.3. The molecule has 1 atom stereocenters. The van der Waals surface area contributed by atoms with E-state index in [1.54, 1.807) is 12.2 Å². The van der Waals surface area contributed by atoms with Crippen molar-refractivity contribution in [2.24, 2.45) is 4.99 Å². The molecule has 0 aliphatic carbocycles. The van der Waals surface area contributed by atoms with E-state index in [4.69, 9.17) is 0 Å². The molecule has 2 rings (SSSR count). The highest BCUT2D eigenvalue weighted by atomic mass is 19.4. The number of aliphatic imine (C=N–C) groups is 1. The standard InChI is InChI=1S/C25H33F4N3O2.C2H6/c1-23(2,21-12-17(26)10-11-22(21)33)16-24(34,25(27,28)29)14-20(30-3)13-18-8-6-7-9-19(31-18)15-32(4)5;1-2/h6-8,10-13,30,33-34H,9,14-16H2,1-5H3;1-2H3/b20-13-;. The lowest BCUT2D eigenvalue weighted by atomic mass is 9.73. The Hall–Kier alpha value is -2.65. The summed E-state index contributed by atoms with van der Waals surface area (Å²) in [5, 5.41) is 23.8. The molecule has 1 aliphatic rings. The molecule has 1 unspecified atom stereocenters. The van der Waals surface area contributed by atoms with E-state index < -0.39 is 35.9 Å². The maximum absolute atomic E-state index is 14.2. The van der Waals surface area contributed by atoms with Gasteiger partial charge in [-0.1, -0.05) is 39.8 Å². The van der Waals surface area contributed by atoms with Gasteiger partial charge in [-0.15, -0.1) is 0 Å². The molecule has 1 aromatic rings. The molecule has 36 heavy (non-hydrogen) atoms. The van der Waals surface area contributed by atoms with Crippen molar-refractivity contribution in [3.05, 3.63) is 65.3 Å². The van der Waals surface area contributed by atoms with E-state index in [0.29, 0.717) is 18.7 Å². The zero-order valence-corrected chi connectivity index (χ0v) is 22.2. The SMILES string of the molecule is CC.CN/C(=C\C1=CC=CCC(CN(C)C)=N1)CC(O)(CC(C)(C)c1cc(F)ccc1O)C(F)(F)F. The van der Waals surface area contributed by atoms with Crippen LogP contribution < -0.4 is 5.32 Å². The lowest BCUT2D eigenvalue weighted by Gasteiger charge is -2.38. The van der Waals surface area contributed by atoms with Gasteiger partial charge in [0.2, 0.25) is 0 Å². The third-order valence-electron chi connectivity index (χ3n) is 5.62. The topological polar surface area (TPSA) is 68.1 Å². The molecule has 0 saturated carbocycles. The van der Waals surface area contributed by atoms with Gasteiger partial charge in [0.25, 0.3) is 0 Å². The first-order valence-electron chi connectivity index (χ1n) is 11.9. The molecular formula is C27H39F4N3O2. The number of hydrogen-bond acceptors (Lipinski definition) is 5. The van der Waals surface area contributed by atoms with Crippen molar-refractivity contribution in [1.82, 2.24) is 10.2 Å². The largest absolute Gasteiger partial charge is 0.508 e. The summed E-state index contributed by atoms with van der Waals surface area (Å²) in [6.45, 7) is 7.46. The highest BCUT2D eigenvalue weighted by molar-refractivity contribution is 5.89. The van der Waals surface area contributed by atoms with Crippen LogP contribution in [-0.2, 0) is 5.41 Å². The predicted molar refractivity (Wildman–Crippen MR) is 138 cm³/mol. The first kappa shape index (κ1) is 31.4. The smallest absolute Gasteiger partial charge is 0.417 e. The summed E-state index contributed by atoms with van der Waals surface area (Å²) >= 11 is 0. The van der Waals surface area contributed by atoms with Crippen LogP contribution in [0.1, 0.15) is 52.5 Å². The molecule has 9 heteroatoms. The van der Waals surface area contributed by atoms with E-state index in [0.717, 1.165) is 23.9 Å². The van der Waals surface area contributed by atoms with Crippen LogP contribution >= 0.6 is 0 Å². The number of phenols is 1. The number of phenolic OH excluding ortho intramolecular Hbond substituents is 1. The average Bonchev–Trinajstić information content (AvgIpc) is 2.99. The van der Waals surface area contributed by atoms with E-state index in [1.807, 2.05) is 38.9 Å². The number of allylic oxidation sites excluding steroid dienone is 4. The summed E-state index contributed by atoms with van der Waals surface area (Å²) in [6, 6.07) is 3.10. The zero-order valence-electron chi connectivity index (χ0n) is 22.2. The van der Waals surface area contributed by atoms with Crippen LogP contribution in [0.2, 0.25) is 0 Å². The molecular weight excluding hydrogens is 474 g/mol. The highest BCUT2D eigenvalue weighted by Gasteiger charge is 2.56. The maximum atomic E-state index is 14.2. The zero-order chi connectivity index (χ0) is 27.7. The molecule has 202 valence electrons. The van der Waals surface area contributed by atoms with E-state index in [-0.39, 0.29) is 17.0 Å². The predicted octanol–water partition coefficient (Wildman–Crippen LogP) is 5.86. The van der Waals surface area contributed by atoms with Crippen LogP contribution in [0, 0.1) is 5.82 Å². The van der Waals surface area contributed by atoms with Crippen LogP contribution in [-0.4, -0.2) is 60.3 Å². The number of aromatic hydroxyl groups is 1. The van der Waals surface area contributed by atoms with Crippen molar-refractivity contribution < 1.29 is 27.8 Å². The fraction of sp³-hybridized carbons (Fsp3) is 0.519. The Morgan fingerprint density at radius 3 is 2.39 bits per heavy atom. The van der Waals surface area contributed by atoms with Crippen LogP contribution in [0.3, 0.4) is 0 Å². The number of nitrogens with one attached hydrogen (secondary N) is 1. The van der Waals surface area contributed by atoms with Crippen LogP contribution in [0.25, 0.3) is 0 Å². The first-order chi connectivity index (χ1) is 16.7. The van der Waals surface area contributed by atoms with Crippen LogP contribution in [0.5, 0.6) is 5.75 Å². The number of rotatable bonds is 9. The monoisotopic (exact) mass is 513 g/mol. The number of nitrogens with zero attached hydrogens (tertiary/aromatic N) is 2. The summed E-state index contributed by atoms with van der Waals surface area (Å²) in [5.74, 6) is -1.02. The van der Waals surface area contributed by atoms with E-state index in [2.05, 4.69) is 10.3 Å². The summed E-state index contributed by atoms with van der Waals surface area (Å²) in [4.78, 5) is 6.51. The number of aliphatic hydroxyl groups is 1. The molecule has 0 radical (unpaired) electrons. The molecule has 0 amide bonds. The Bertz CT molecular complexity index is 995. The van der Waals surface area contributed by atoms with E-state index >= 15 is 0 Å². The fourth-order valence-electron chi connectivity index (χ4n) is 4.03. The molecule has 5 nitrogen and oxygen atoms in total. The molecule has 3 N–H and O–H groups in total. The summed E-state index contributed by atoms with van der Waals surface area (Å²) in [7, 11) is 5.28. The van der Waals surface area contributed by atoms with Crippen LogP contribution in [0.15, 0.2) is 58.9 Å². The minimum atomic E-state index is -4.99. The highest BCUT2D eigenvalue weighted by Crippen LogP contribution is 2.46. The van der Waals surface area contributed by atoms with Gasteiger partial charge in [-0.2, -0.15) is 13.2 Å². The number of alkyl halides is 3. The van der Waals surface area contributed by atoms with Gasteiger partial charge < -0.3 is 20.4 Å². The van der Waals surface area contributed by atoms with Gasteiger partial charge in [0.1, 0.15) is 11.6 Å². The number of benzene rings is 1. The van der Waals surface area contributed by atoms with Crippen LogP contribution in [0.4, 0.5) is 17.6 Å².